The monoisotopic (exact) mass is 436 g/mol. The Hall–Kier alpha value is -1.37. The fourth-order valence-electron chi connectivity index (χ4n) is 2.00. The number of sulfone groups is 1. The van der Waals surface area contributed by atoms with Crippen molar-refractivity contribution in [3.63, 3.8) is 0 Å². The summed E-state index contributed by atoms with van der Waals surface area (Å²) in [6, 6.07) is 1.92. The predicted molar refractivity (Wildman–Crippen MR) is 88.5 cm³/mol. The molecule has 0 aromatic heterocycles. The van der Waals surface area contributed by atoms with Crippen molar-refractivity contribution in [3.05, 3.63) is 28.5 Å². The zero-order valence-corrected chi connectivity index (χ0v) is 15.4. The van der Waals surface area contributed by atoms with Gasteiger partial charge in [0.2, 0.25) is 6.43 Å². The molecule has 148 valence electrons. The Labute approximate surface area is 155 Å². The second-order valence-corrected chi connectivity index (χ2v) is 8.65. The minimum absolute atomic E-state index is 0.302. The van der Waals surface area contributed by atoms with E-state index in [0.29, 0.717) is 4.31 Å². The van der Waals surface area contributed by atoms with Gasteiger partial charge in [-0.25, -0.2) is 26.4 Å². The van der Waals surface area contributed by atoms with Crippen LogP contribution in [0.3, 0.4) is 0 Å². The van der Waals surface area contributed by atoms with Crippen LogP contribution in [0.1, 0.15) is 23.2 Å². The fraction of sp³-hybridized carbons (Fsp3) is 0.462. The van der Waals surface area contributed by atoms with Crippen LogP contribution in [0.5, 0.6) is 0 Å². The molecule has 0 aliphatic heterocycles. The Balaban J connectivity index is 2.94. The number of aromatic carboxylic acids is 1. The summed E-state index contributed by atoms with van der Waals surface area (Å²) in [5.41, 5.74) is -1.55. The molecule has 1 atom stereocenters. The van der Waals surface area contributed by atoms with Crippen LogP contribution in [0.25, 0.3) is 0 Å². The molecule has 0 aliphatic rings. The molecule has 26 heavy (non-hydrogen) atoms. The fourth-order valence-corrected chi connectivity index (χ4v) is 4.12. The third-order valence-electron chi connectivity index (χ3n) is 3.20. The number of anilines is 1. The number of hydrogen-bond donors (Lipinski definition) is 1. The summed E-state index contributed by atoms with van der Waals surface area (Å²) < 4.78 is 84.7. The quantitative estimate of drug-likeness (QED) is 0.562. The third-order valence-corrected chi connectivity index (χ3v) is 6.02. The highest BCUT2D eigenvalue weighted by Gasteiger charge is 2.23. The van der Waals surface area contributed by atoms with Crippen LogP contribution in [0.15, 0.2) is 12.1 Å². The molecule has 1 rings (SSSR count). The van der Waals surface area contributed by atoms with Gasteiger partial charge in [0.25, 0.3) is 0 Å². The van der Waals surface area contributed by atoms with Crippen molar-refractivity contribution in [2.45, 2.75) is 19.3 Å². The first kappa shape index (κ1) is 22.7. The standard InChI is InChI=1S/C13H15ClF3NO6S2/c14-8-2-3-9(12(17)11(8)13(19)20)18(25(21)22)5-1-6-26(23,24)7-4-10(15)16/h2-3,10H,1,4-7H2,(H,19,20)(H,21,22)/p-1. The maximum absolute atomic E-state index is 14.3. The molecule has 0 aliphatic carbocycles. The van der Waals surface area contributed by atoms with Crippen LogP contribution in [0.4, 0.5) is 18.9 Å². The number of rotatable bonds is 10. The predicted octanol–water partition coefficient (Wildman–Crippen LogP) is 2.24. The molecule has 7 nitrogen and oxygen atoms in total. The molecular weight excluding hydrogens is 423 g/mol. The van der Waals surface area contributed by atoms with Crippen LogP contribution >= 0.6 is 11.6 Å². The summed E-state index contributed by atoms with van der Waals surface area (Å²) in [4.78, 5) is 11.0. The highest BCUT2D eigenvalue weighted by atomic mass is 35.5. The second-order valence-electron chi connectivity index (χ2n) is 5.06. The number of carbonyl (C=O) groups is 1. The molecule has 0 heterocycles. The van der Waals surface area contributed by atoms with E-state index >= 15 is 0 Å². The van der Waals surface area contributed by atoms with Gasteiger partial charge in [0.05, 0.1) is 22.2 Å². The molecule has 0 bridgehead atoms. The first-order valence-electron chi connectivity index (χ1n) is 7.03. The Kier molecular flexibility index (Phi) is 8.31. The van der Waals surface area contributed by atoms with Crippen molar-refractivity contribution in [1.29, 1.82) is 0 Å². The topological polar surface area (TPSA) is 115 Å². The number of nitrogens with zero attached hydrogens (tertiary/aromatic N) is 1. The molecule has 0 radical (unpaired) electrons. The molecule has 1 N–H and O–H groups in total. The highest BCUT2D eigenvalue weighted by Crippen LogP contribution is 2.29. The molecule has 1 aromatic rings. The van der Waals surface area contributed by atoms with E-state index in [9.17, 15) is 35.1 Å². The van der Waals surface area contributed by atoms with E-state index in [1.807, 2.05) is 0 Å². The lowest BCUT2D eigenvalue weighted by molar-refractivity contribution is 0.0692. The molecule has 0 saturated heterocycles. The van der Waals surface area contributed by atoms with Crippen molar-refractivity contribution in [1.82, 2.24) is 0 Å². The van der Waals surface area contributed by atoms with Crippen molar-refractivity contribution in [2.24, 2.45) is 0 Å². The zero-order valence-electron chi connectivity index (χ0n) is 13.0. The van der Waals surface area contributed by atoms with Gasteiger partial charge in [-0.2, -0.15) is 0 Å². The zero-order chi connectivity index (χ0) is 20.1. The first-order chi connectivity index (χ1) is 12.0. The molecular formula is C13H14ClF3NO6S2-. The van der Waals surface area contributed by atoms with Crippen molar-refractivity contribution in [3.8, 4) is 0 Å². The number of hydrogen-bond acceptors (Lipinski definition) is 5. The maximum Gasteiger partial charge on any atom is 0.340 e. The largest absolute Gasteiger partial charge is 0.755 e. The van der Waals surface area contributed by atoms with E-state index in [4.69, 9.17) is 16.7 Å². The number of carboxylic acid groups (broad SMARTS) is 1. The SMILES string of the molecule is O=C(O)c1c(Cl)ccc(N(CCCS(=O)(=O)CCC(F)F)S(=O)[O-])c1F. The van der Waals surface area contributed by atoms with Gasteiger partial charge in [-0.1, -0.05) is 11.6 Å². The summed E-state index contributed by atoms with van der Waals surface area (Å²) in [5, 5.41) is 8.50. The third kappa shape index (κ3) is 6.41. The van der Waals surface area contributed by atoms with E-state index in [0.717, 1.165) is 12.1 Å². The Morgan fingerprint density at radius 1 is 1.35 bits per heavy atom. The molecule has 0 saturated carbocycles. The Morgan fingerprint density at radius 3 is 2.46 bits per heavy atom. The summed E-state index contributed by atoms with van der Waals surface area (Å²) in [5.74, 6) is -4.45. The molecule has 0 amide bonds. The number of alkyl halides is 2. The Bertz CT molecular complexity index is 790. The lowest BCUT2D eigenvalue weighted by atomic mass is 10.2. The summed E-state index contributed by atoms with van der Waals surface area (Å²) in [7, 11) is -3.84. The summed E-state index contributed by atoms with van der Waals surface area (Å²) in [6.07, 6.45) is -3.93. The molecule has 1 unspecified atom stereocenters. The van der Waals surface area contributed by atoms with Gasteiger partial charge >= 0.3 is 5.97 Å². The van der Waals surface area contributed by atoms with Crippen molar-refractivity contribution in [2.75, 3.05) is 22.4 Å². The van der Waals surface area contributed by atoms with Crippen LogP contribution in [-0.2, 0) is 21.1 Å². The van der Waals surface area contributed by atoms with Crippen LogP contribution < -0.4 is 4.31 Å². The van der Waals surface area contributed by atoms with E-state index in [-0.39, 0.29) is 6.42 Å². The average Bonchev–Trinajstić information content (AvgIpc) is 2.50. The normalized spacial score (nSPS) is 13.0. The molecule has 13 heteroatoms. The van der Waals surface area contributed by atoms with Gasteiger partial charge in [0, 0.05) is 24.2 Å². The van der Waals surface area contributed by atoms with Crippen molar-refractivity contribution < 1.29 is 40.3 Å². The van der Waals surface area contributed by atoms with Crippen LogP contribution in [-0.4, -0.2) is 52.7 Å². The average molecular weight is 437 g/mol. The van der Waals surface area contributed by atoms with Gasteiger partial charge in [-0.05, 0) is 18.6 Å². The smallest absolute Gasteiger partial charge is 0.340 e. The van der Waals surface area contributed by atoms with Gasteiger partial charge in [-0.15, -0.1) is 0 Å². The van der Waals surface area contributed by atoms with Gasteiger partial charge in [-0.3, -0.25) is 8.51 Å². The molecule has 1 aromatic carbocycles. The highest BCUT2D eigenvalue weighted by molar-refractivity contribution is 7.91. The van der Waals surface area contributed by atoms with E-state index < -0.39 is 80.1 Å². The van der Waals surface area contributed by atoms with E-state index in [1.54, 1.807) is 0 Å². The Morgan fingerprint density at radius 2 is 1.96 bits per heavy atom. The summed E-state index contributed by atoms with van der Waals surface area (Å²) in [6.45, 7) is -0.498. The van der Waals surface area contributed by atoms with E-state index in [1.165, 1.54) is 0 Å². The lowest BCUT2D eigenvalue weighted by Gasteiger charge is -2.27. The number of halogens is 4. The minimum atomic E-state index is -3.84. The van der Waals surface area contributed by atoms with Crippen LogP contribution in [0.2, 0.25) is 5.02 Å². The molecule has 0 spiro atoms. The minimum Gasteiger partial charge on any atom is -0.755 e. The van der Waals surface area contributed by atoms with Crippen LogP contribution in [0, 0.1) is 5.82 Å². The lowest BCUT2D eigenvalue weighted by Crippen LogP contribution is -2.29. The second kappa shape index (κ2) is 9.53. The number of benzene rings is 1. The maximum atomic E-state index is 14.3. The molecule has 0 fully saturated rings. The number of carboxylic acids is 1. The van der Waals surface area contributed by atoms with E-state index in [2.05, 4.69) is 0 Å². The summed E-state index contributed by atoms with van der Waals surface area (Å²) >= 11 is 2.53. The van der Waals surface area contributed by atoms with Gasteiger partial charge < -0.3 is 9.66 Å². The van der Waals surface area contributed by atoms with Gasteiger partial charge in [0.1, 0.15) is 5.56 Å². The van der Waals surface area contributed by atoms with Gasteiger partial charge in [0.15, 0.2) is 15.7 Å². The van der Waals surface area contributed by atoms with Crippen molar-refractivity contribution >= 4 is 44.4 Å². The first-order valence-corrected chi connectivity index (χ1v) is 10.3.